The van der Waals surface area contributed by atoms with E-state index >= 15 is 0 Å². The number of rotatable bonds is 3. The predicted octanol–water partition coefficient (Wildman–Crippen LogP) is -0.431. The fraction of sp³-hybridized carbons (Fsp3) is 0.727. The van der Waals surface area contributed by atoms with Crippen molar-refractivity contribution < 1.29 is 0 Å². The summed E-state index contributed by atoms with van der Waals surface area (Å²) in [6.45, 7) is 9.54. The zero-order chi connectivity index (χ0) is 12.3. The average molecular weight is 236 g/mol. The van der Waals surface area contributed by atoms with Crippen LogP contribution in [0.4, 0.5) is 5.95 Å². The molecule has 0 saturated carbocycles. The highest BCUT2D eigenvalue weighted by atomic mass is 15.4. The van der Waals surface area contributed by atoms with Crippen molar-refractivity contribution in [1.29, 1.82) is 0 Å². The summed E-state index contributed by atoms with van der Waals surface area (Å²) in [5.74, 6) is 0.750. The third-order valence-corrected chi connectivity index (χ3v) is 3.18. The molecule has 1 fully saturated rings. The van der Waals surface area contributed by atoms with Gasteiger partial charge in [0.25, 0.3) is 0 Å². The van der Waals surface area contributed by atoms with E-state index in [4.69, 9.17) is 5.73 Å². The second-order valence-corrected chi connectivity index (χ2v) is 4.40. The van der Waals surface area contributed by atoms with Crippen LogP contribution in [0.25, 0.3) is 0 Å². The standard InChI is InChI=1S/C11H20N6/c1-9-10(2)14-15-11(13-9)17-7-5-16(4-3-12)6-8-17/h3-8,12H2,1-2H3. The van der Waals surface area contributed by atoms with Crippen LogP contribution in [-0.2, 0) is 0 Å². The Labute approximate surface area is 102 Å². The number of aryl methyl sites for hydroxylation is 2. The van der Waals surface area contributed by atoms with Gasteiger partial charge in [-0.25, -0.2) is 4.98 Å². The van der Waals surface area contributed by atoms with Crippen molar-refractivity contribution in [3.8, 4) is 0 Å². The van der Waals surface area contributed by atoms with Crippen molar-refractivity contribution in [2.75, 3.05) is 44.2 Å². The van der Waals surface area contributed by atoms with E-state index in [1.165, 1.54) is 0 Å². The van der Waals surface area contributed by atoms with Crippen molar-refractivity contribution in [3.63, 3.8) is 0 Å². The van der Waals surface area contributed by atoms with Gasteiger partial charge in [-0.15, -0.1) is 5.10 Å². The summed E-state index contributed by atoms with van der Waals surface area (Å²) in [5, 5.41) is 8.28. The fourth-order valence-electron chi connectivity index (χ4n) is 1.93. The molecule has 0 atom stereocenters. The van der Waals surface area contributed by atoms with E-state index in [0.29, 0.717) is 0 Å². The van der Waals surface area contributed by atoms with Crippen LogP contribution < -0.4 is 10.6 Å². The van der Waals surface area contributed by atoms with Crippen molar-refractivity contribution >= 4 is 5.95 Å². The SMILES string of the molecule is Cc1nnc(N2CCN(CCN)CC2)nc1C. The molecule has 1 aliphatic heterocycles. The molecular formula is C11H20N6. The number of piperazine rings is 1. The molecule has 0 aliphatic carbocycles. The van der Waals surface area contributed by atoms with E-state index in [-0.39, 0.29) is 0 Å². The first-order valence-electron chi connectivity index (χ1n) is 6.06. The molecule has 0 aromatic carbocycles. The smallest absolute Gasteiger partial charge is 0.245 e. The molecule has 94 valence electrons. The van der Waals surface area contributed by atoms with Gasteiger partial charge < -0.3 is 10.6 Å². The number of nitrogens with zero attached hydrogens (tertiary/aromatic N) is 5. The molecule has 6 heteroatoms. The van der Waals surface area contributed by atoms with E-state index in [2.05, 4.69) is 25.0 Å². The zero-order valence-electron chi connectivity index (χ0n) is 10.6. The third kappa shape index (κ3) is 2.89. The summed E-state index contributed by atoms with van der Waals surface area (Å²) in [7, 11) is 0. The van der Waals surface area contributed by atoms with Crippen molar-refractivity contribution in [1.82, 2.24) is 20.1 Å². The maximum absolute atomic E-state index is 5.55. The molecule has 6 nitrogen and oxygen atoms in total. The van der Waals surface area contributed by atoms with Gasteiger partial charge in [-0.2, -0.15) is 5.10 Å². The van der Waals surface area contributed by atoms with Gasteiger partial charge in [0.2, 0.25) is 5.95 Å². The van der Waals surface area contributed by atoms with Crippen molar-refractivity contribution in [2.45, 2.75) is 13.8 Å². The molecule has 2 heterocycles. The highest BCUT2D eigenvalue weighted by molar-refractivity contribution is 5.30. The summed E-state index contributed by atoms with van der Waals surface area (Å²) in [6.07, 6.45) is 0. The van der Waals surface area contributed by atoms with Crippen LogP contribution in [0.3, 0.4) is 0 Å². The number of nitrogens with two attached hydrogens (primary N) is 1. The van der Waals surface area contributed by atoms with E-state index < -0.39 is 0 Å². The molecule has 0 spiro atoms. The van der Waals surface area contributed by atoms with Crippen LogP contribution in [0.2, 0.25) is 0 Å². The summed E-state index contributed by atoms with van der Waals surface area (Å²) >= 11 is 0. The quantitative estimate of drug-likeness (QED) is 0.768. The van der Waals surface area contributed by atoms with Gasteiger partial charge in [-0.3, -0.25) is 4.90 Å². The molecule has 1 aromatic heterocycles. The molecule has 1 aliphatic rings. The highest BCUT2D eigenvalue weighted by Gasteiger charge is 2.18. The van der Waals surface area contributed by atoms with Crippen molar-refractivity contribution in [3.05, 3.63) is 11.4 Å². The molecule has 2 rings (SSSR count). The molecule has 2 N–H and O–H groups in total. The first-order valence-corrected chi connectivity index (χ1v) is 6.06. The monoisotopic (exact) mass is 236 g/mol. The lowest BCUT2D eigenvalue weighted by atomic mass is 10.3. The van der Waals surface area contributed by atoms with Gasteiger partial charge in [-0.1, -0.05) is 0 Å². The molecule has 0 amide bonds. The Bertz CT molecular complexity index is 372. The van der Waals surface area contributed by atoms with Gasteiger partial charge in [0.05, 0.1) is 11.4 Å². The molecule has 0 unspecified atom stereocenters. The van der Waals surface area contributed by atoms with Crippen LogP contribution in [0.15, 0.2) is 0 Å². The zero-order valence-corrected chi connectivity index (χ0v) is 10.6. The minimum atomic E-state index is 0.724. The lowest BCUT2D eigenvalue weighted by molar-refractivity contribution is 0.263. The Kier molecular flexibility index (Phi) is 3.86. The Morgan fingerprint density at radius 3 is 2.35 bits per heavy atom. The topological polar surface area (TPSA) is 71.2 Å². The van der Waals surface area contributed by atoms with Gasteiger partial charge in [0, 0.05) is 39.3 Å². The van der Waals surface area contributed by atoms with E-state index in [1.54, 1.807) is 0 Å². The minimum Gasteiger partial charge on any atom is -0.337 e. The molecular weight excluding hydrogens is 216 g/mol. The van der Waals surface area contributed by atoms with Crippen LogP contribution >= 0.6 is 0 Å². The number of aromatic nitrogens is 3. The maximum atomic E-state index is 5.55. The minimum absolute atomic E-state index is 0.724. The lowest BCUT2D eigenvalue weighted by Gasteiger charge is -2.34. The predicted molar refractivity (Wildman–Crippen MR) is 67.0 cm³/mol. The fourth-order valence-corrected chi connectivity index (χ4v) is 1.93. The molecule has 17 heavy (non-hydrogen) atoms. The Morgan fingerprint density at radius 1 is 1.06 bits per heavy atom. The Balaban J connectivity index is 1.98. The van der Waals surface area contributed by atoms with Crippen molar-refractivity contribution in [2.24, 2.45) is 5.73 Å². The summed E-state index contributed by atoms with van der Waals surface area (Å²) in [5.41, 5.74) is 7.41. The van der Waals surface area contributed by atoms with Gasteiger partial charge in [0.1, 0.15) is 0 Å². The van der Waals surface area contributed by atoms with Gasteiger partial charge in [0.15, 0.2) is 0 Å². The van der Waals surface area contributed by atoms with Gasteiger partial charge in [-0.05, 0) is 13.8 Å². The average Bonchev–Trinajstić information content (AvgIpc) is 2.34. The number of hydrogen-bond acceptors (Lipinski definition) is 6. The van der Waals surface area contributed by atoms with Crippen LogP contribution in [-0.4, -0.2) is 59.3 Å². The summed E-state index contributed by atoms with van der Waals surface area (Å²) in [4.78, 5) is 9.03. The number of hydrogen-bond donors (Lipinski definition) is 1. The normalized spacial score (nSPS) is 17.5. The second-order valence-electron chi connectivity index (χ2n) is 4.40. The third-order valence-electron chi connectivity index (χ3n) is 3.18. The Hall–Kier alpha value is -1.27. The first-order chi connectivity index (χ1) is 8.20. The highest BCUT2D eigenvalue weighted by Crippen LogP contribution is 2.11. The maximum Gasteiger partial charge on any atom is 0.245 e. The number of anilines is 1. The Morgan fingerprint density at radius 2 is 1.76 bits per heavy atom. The molecule has 1 aromatic rings. The molecule has 1 saturated heterocycles. The van der Waals surface area contributed by atoms with E-state index in [9.17, 15) is 0 Å². The summed E-state index contributed by atoms with van der Waals surface area (Å²) in [6, 6.07) is 0. The first kappa shape index (κ1) is 12.2. The molecule has 0 radical (unpaired) electrons. The van der Waals surface area contributed by atoms with Crippen LogP contribution in [0.5, 0.6) is 0 Å². The lowest BCUT2D eigenvalue weighted by Crippen LogP contribution is -2.48. The summed E-state index contributed by atoms with van der Waals surface area (Å²) < 4.78 is 0. The largest absolute Gasteiger partial charge is 0.337 e. The second kappa shape index (κ2) is 5.37. The molecule has 0 bridgehead atoms. The van der Waals surface area contributed by atoms with E-state index in [1.807, 2.05) is 13.8 Å². The van der Waals surface area contributed by atoms with E-state index in [0.717, 1.165) is 56.6 Å². The van der Waals surface area contributed by atoms with Crippen LogP contribution in [0.1, 0.15) is 11.4 Å². The van der Waals surface area contributed by atoms with Crippen LogP contribution in [0, 0.1) is 13.8 Å². The van der Waals surface area contributed by atoms with Gasteiger partial charge >= 0.3 is 0 Å².